The first-order valence-electron chi connectivity index (χ1n) is 7.45. The average Bonchev–Trinajstić information content (AvgIpc) is 2.71. The van der Waals surface area contributed by atoms with Crippen LogP contribution in [0.25, 0.3) is 0 Å². The number of nitrogens with zero attached hydrogens (tertiary/aromatic N) is 1. The second kappa shape index (κ2) is 10.1. The highest BCUT2D eigenvalue weighted by molar-refractivity contribution is 6.12. The molecule has 0 unspecified atom stereocenters. The Hall–Kier alpha value is -1.64. The quantitative estimate of drug-likeness (QED) is 0.575. The Morgan fingerprint density at radius 3 is 2.27 bits per heavy atom. The molecule has 0 aromatic heterocycles. The van der Waals surface area contributed by atoms with Crippen LogP contribution in [0.5, 0.6) is 0 Å². The molecule has 1 rings (SSSR count). The third kappa shape index (κ3) is 8.60. The summed E-state index contributed by atoms with van der Waals surface area (Å²) in [7, 11) is 0. The Bertz CT molecular complexity index is 414. The molecule has 1 N–H and O–H groups in total. The van der Waals surface area contributed by atoms with Crippen molar-refractivity contribution >= 4 is 11.8 Å². The fraction of sp³-hybridized carbons (Fsp3) is 0.647. The molecule has 0 saturated carbocycles. The maximum Gasteiger partial charge on any atom is 0.253 e. The van der Waals surface area contributed by atoms with E-state index in [1.807, 2.05) is 13.8 Å². The Balaban J connectivity index is 0.000000406. The van der Waals surface area contributed by atoms with Gasteiger partial charge in [-0.2, -0.15) is 0 Å². The van der Waals surface area contributed by atoms with Gasteiger partial charge in [0.15, 0.2) is 0 Å². The number of carbonyl (C=O) groups excluding carboxylic acids is 2. The van der Waals surface area contributed by atoms with Crippen molar-refractivity contribution in [2.45, 2.75) is 46.1 Å². The lowest BCUT2D eigenvalue weighted by Crippen LogP contribution is -2.32. The van der Waals surface area contributed by atoms with Gasteiger partial charge in [0.05, 0.1) is 18.8 Å². The second-order valence-corrected chi connectivity index (χ2v) is 6.06. The highest BCUT2D eigenvalue weighted by atomic mass is 16.5. The topological polar surface area (TPSA) is 66.8 Å². The van der Waals surface area contributed by atoms with Crippen LogP contribution >= 0.6 is 0 Å². The van der Waals surface area contributed by atoms with Crippen LogP contribution in [-0.4, -0.2) is 47.2 Å². The Morgan fingerprint density at radius 1 is 1.32 bits per heavy atom. The first-order valence-corrected chi connectivity index (χ1v) is 7.45. The van der Waals surface area contributed by atoms with Gasteiger partial charge in [0.25, 0.3) is 11.8 Å². The van der Waals surface area contributed by atoms with Crippen molar-refractivity contribution < 1.29 is 19.4 Å². The molecule has 0 radical (unpaired) electrons. The minimum absolute atomic E-state index is 0.0880. The van der Waals surface area contributed by atoms with Crippen molar-refractivity contribution in [3.8, 4) is 12.3 Å². The van der Waals surface area contributed by atoms with Crippen molar-refractivity contribution in [3.05, 3.63) is 12.2 Å². The van der Waals surface area contributed by atoms with E-state index in [2.05, 4.69) is 19.8 Å². The lowest BCUT2D eigenvalue weighted by atomic mass is 10.1. The molecule has 5 heteroatoms. The summed E-state index contributed by atoms with van der Waals surface area (Å²) in [5.74, 6) is 2.63. The second-order valence-electron chi connectivity index (χ2n) is 6.06. The van der Waals surface area contributed by atoms with Crippen LogP contribution in [0.15, 0.2) is 12.2 Å². The van der Waals surface area contributed by atoms with E-state index < -0.39 is 0 Å². The molecule has 0 spiro atoms. The van der Waals surface area contributed by atoms with Crippen molar-refractivity contribution in [2.75, 3.05) is 19.8 Å². The summed E-state index contributed by atoms with van der Waals surface area (Å²) >= 11 is 0. The van der Waals surface area contributed by atoms with Gasteiger partial charge in [0.2, 0.25) is 0 Å². The van der Waals surface area contributed by atoms with Crippen molar-refractivity contribution in [3.63, 3.8) is 0 Å². The van der Waals surface area contributed by atoms with Crippen LogP contribution in [0.2, 0.25) is 0 Å². The summed E-state index contributed by atoms with van der Waals surface area (Å²) in [5, 5.41) is 8.39. The maximum atomic E-state index is 10.7. The zero-order chi connectivity index (χ0) is 17.2. The van der Waals surface area contributed by atoms with Crippen LogP contribution in [-0.2, 0) is 14.3 Å². The van der Waals surface area contributed by atoms with E-state index in [-0.39, 0.29) is 30.6 Å². The van der Waals surface area contributed by atoms with Gasteiger partial charge in [-0.25, -0.2) is 0 Å². The van der Waals surface area contributed by atoms with Gasteiger partial charge < -0.3 is 9.84 Å². The van der Waals surface area contributed by atoms with Gasteiger partial charge in [0, 0.05) is 25.2 Å². The maximum absolute atomic E-state index is 10.7. The molecule has 0 aromatic rings. The highest BCUT2D eigenvalue weighted by Crippen LogP contribution is 2.14. The molecule has 0 aliphatic carbocycles. The number of terminal acetylenes is 1. The zero-order valence-corrected chi connectivity index (χ0v) is 14.0. The summed E-state index contributed by atoms with van der Waals surface area (Å²) in [6, 6.07) is 0. The normalized spacial score (nSPS) is 14.1. The summed E-state index contributed by atoms with van der Waals surface area (Å²) in [5.41, 5.74) is -0.149. The number of aliphatic hydroxyl groups is 1. The van der Waals surface area contributed by atoms with E-state index in [1.54, 1.807) is 0 Å². The molecule has 1 heterocycles. The molecule has 0 fully saturated rings. The molecule has 1 aliphatic rings. The first-order chi connectivity index (χ1) is 10.2. The fourth-order valence-corrected chi connectivity index (χ4v) is 1.62. The fourth-order valence-electron chi connectivity index (χ4n) is 1.62. The standard InChI is InChI=1S/C11H20O.C6H7NO3/c1-6-8-11(4,5)12-9-7-10(2)3;8-4-3-7-5(9)1-2-6(7)10/h1,10H,7-9H2,2-5H3;1-2,8H,3-4H2. The lowest BCUT2D eigenvalue weighted by Gasteiger charge is -2.23. The third-order valence-corrected chi connectivity index (χ3v) is 2.94. The van der Waals surface area contributed by atoms with Crippen LogP contribution in [0, 0.1) is 18.3 Å². The Labute approximate surface area is 133 Å². The summed E-state index contributed by atoms with van der Waals surface area (Å²) < 4.78 is 5.64. The van der Waals surface area contributed by atoms with E-state index in [9.17, 15) is 9.59 Å². The number of carbonyl (C=O) groups is 2. The predicted octanol–water partition coefficient (Wildman–Crippen LogP) is 1.75. The van der Waals surface area contributed by atoms with Crippen LogP contribution in [0.3, 0.4) is 0 Å². The molecule has 124 valence electrons. The number of hydrogen-bond donors (Lipinski definition) is 1. The Morgan fingerprint density at radius 2 is 1.86 bits per heavy atom. The predicted molar refractivity (Wildman–Crippen MR) is 85.9 cm³/mol. The molecule has 5 nitrogen and oxygen atoms in total. The zero-order valence-electron chi connectivity index (χ0n) is 14.0. The number of β-amino-alcohol motifs (C(OH)–C–C–N with tert-alkyl or cyclic N) is 1. The van der Waals surface area contributed by atoms with Crippen molar-refractivity contribution in [1.82, 2.24) is 4.90 Å². The molecular formula is C17H27NO4. The molecule has 22 heavy (non-hydrogen) atoms. The number of ether oxygens (including phenoxy) is 1. The largest absolute Gasteiger partial charge is 0.395 e. The number of rotatable bonds is 7. The first kappa shape index (κ1) is 20.4. The number of aliphatic hydroxyl groups excluding tert-OH is 1. The van der Waals surface area contributed by atoms with Gasteiger partial charge in [-0.15, -0.1) is 12.3 Å². The van der Waals surface area contributed by atoms with E-state index in [1.165, 1.54) is 12.2 Å². The molecule has 0 saturated heterocycles. The lowest BCUT2D eigenvalue weighted by molar-refractivity contribution is -0.137. The third-order valence-electron chi connectivity index (χ3n) is 2.94. The smallest absolute Gasteiger partial charge is 0.253 e. The van der Waals surface area contributed by atoms with E-state index in [0.29, 0.717) is 12.3 Å². The highest BCUT2D eigenvalue weighted by Gasteiger charge is 2.21. The minimum atomic E-state index is -0.348. The van der Waals surface area contributed by atoms with Gasteiger partial charge in [-0.05, 0) is 26.2 Å². The molecule has 2 amide bonds. The average molecular weight is 309 g/mol. The van der Waals surface area contributed by atoms with E-state index in [0.717, 1.165) is 17.9 Å². The van der Waals surface area contributed by atoms with Crippen LogP contribution < -0.4 is 0 Å². The monoisotopic (exact) mass is 309 g/mol. The number of amides is 2. The molecule has 1 aliphatic heterocycles. The SMILES string of the molecule is C#CCC(C)(C)OCCC(C)C.O=C1C=CC(=O)N1CCO. The van der Waals surface area contributed by atoms with E-state index >= 15 is 0 Å². The molecule has 0 bridgehead atoms. The van der Waals surface area contributed by atoms with Gasteiger partial charge >= 0.3 is 0 Å². The molecule has 0 atom stereocenters. The molecule has 0 aromatic carbocycles. The van der Waals surface area contributed by atoms with Crippen molar-refractivity contribution in [1.29, 1.82) is 0 Å². The number of hydrogen-bond acceptors (Lipinski definition) is 4. The van der Waals surface area contributed by atoms with Gasteiger partial charge in [0.1, 0.15) is 0 Å². The van der Waals surface area contributed by atoms with Gasteiger partial charge in [-0.3, -0.25) is 14.5 Å². The van der Waals surface area contributed by atoms with Crippen molar-refractivity contribution in [2.24, 2.45) is 5.92 Å². The minimum Gasteiger partial charge on any atom is -0.395 e. The summed E-state index contributed by atoms with van der Waals surface area (Å²) in [4.78, 5) is 22.3. The Kier molecular flexibility index (Phi) is 9.39. The summed E-state index contributed by atoms with van der Waals surface area (Å²) in [6.45, 7) is 9.17. The van der Waals surface area contributed by atoms with Crippen LogP contribution in [0.1, 0.15) is 40.5 Å². The number of imide groups is 1. The van der Waals surface area contributed by atoms with E-state index in [4.69, 9.17) is 16.3 Å². The molecular weight excluding hydrogens is 282 g/mol. The summed E-state index contributed by atoms with van der Waals surface area (Å²) in [6.07, 6.45) is 9.39. The van der Waals surface area contributed by atoms with Crippen LogP contribution in [0.4, 0.5) is 0 Å². The van der Waals surface area contributed by atoms with Gasteiger partial charge in [-0.1, -0.05) is 13.8 Å².